The Kier molecular flexibility index (Phi) is 4.20. The second-order valence-corrected chi connectivity index (χ2v) is 5.01. The molecule has 3 heteroatoms. The van der Waals surface area contributed by atoms with Gasteiger partial charge in [-0.2, -0.15) is 0 Å². The highest BCUT2D eigenvalue weighted by atomic mass is 16.5. The molecule has 0 aliphatic carbocycles. The minimum absolute atomic E-state index is 0.0211. The van der Waals surface area contributed by atoms with Crippen LogP contribution in [0, 0.1) is 0 Å². The topological polar surface area (TPSA) is 46.5 Å². The van der Waals surface area contributed by atoms with Gasteiger partial charge in [-0.1, -0.05) is 30.3 Å². The van der Waals surface area contributed by atoms with Gasteiger partial charge in [0.15, 0.2) is 5.78 Å². The van der Waals surface area contributed by atoms with Crippen LogP contribution in [0.25, 0.3) is 0 Å². The number of carbonyl (C=O) groups excluding carboxylic acids is 1. The second-order valence-electron chi connectivity index (χ2n) is 5.01. The zero-order chi connectivity index (χ0) is 14.6. The fraction of sp³-hybridized carbons (Fsp3) is 0.235. The Morgan fingerprint density at radius 1 is 1.10 bits per heavy atom. The highest BCUT2D eigenvalue weighted by Crippen LogP contribution is 2.22. The van der Waals surface area contributed by atoms with Crippen molar-refractivity contribution < 1.29 is 14.6 Å². The van der Waals surface area contributed by atoms with E-state index in [1.165, 1.54) is 6.92 Å². The number of carbonyl (C=O) groups is 1. The first kappa shape index (κ1) is 14.3. The van der Waals surface area contributed by atoms with Gasteiger partial charge in [0.1, 0.15) is 18.0 Å². The van der Waals surface area contributed by atoms with Gasteiger partial charge in [-0.3, -0.25) is 4.79 Å². The molecule has 1 N–H and O–H groups in total. The van der Waals surface area contributed by atoms with Crippen LogP contribution in [0.4, 0.5) is 0 Å². The molecule has 0 radical (unpaired) electrons. The van der Waals surface area contributed by atoms with E-state index in [1.807, 2.05) is 30.3 Å². The molecule has 0 amide bonds. The van der Waals surface area contributed by atoms with E-state index < -0.39 is 5.60 Å². The van der Waals surface area contributed by atoms with E-state index in [0.29, 0.717) is 11.3 Å². The third kappa shape index (κ3) is 3.45. The highest BCUT2D eigenvalue weighted by Gasteiger charge is 2.23. The van der Waals surface area contributed by atoms with Gasteiger partial charge < -0.3 is 9.84 Å². The number of Topliss-reactive ketones (excluding diaryl/α,β-unsaturated/α-hetero) is 1. The number of hydrogen-bond acceptors (Lipinski definition) is 3. The zero-order valence-corrected chi connectivity index (χ0v) is 11.7. The van der Waals surface area contributed by atoms with E-state index in [9.17, 15) is 9.90 Å². The fourth-order valence-corrected chi connectivity index (χ4v) is 1.89. The molecule has 0 heterocycles. The van der Waals surface area contributed by atoms with E-state index in [2.05, 4.69) is 0 Å². The molecule has 0 aliphatic heterocycles. The van der Waals surface area contributed by atoms with Crippen molar-refractivity contribution in [2.75, 3.05) is 6.61 Å². The summed E-state index contributed by atoms with van der Waals surface area (Å²) in [5, 5.41) is 10.4. The lowest BCUT2D eigenvalue weighted by Crippen LogP contribution is -2.29. The van der Waals surface area contributed by atoms with Crippen LogP contribution in [0.1, 0.15) is 29.8 Å². The summed E-state index contributed by atoms with van der Waals surface area (Å²) in [4.78, 5) is 11.2. The maximum absolute atomic E-state index is 11.2. The van der Waals surface area contributed by atoms with Crippen LogP contribution in [0.3, 0.4) is 0 Å². The zero-order valence-electron chi connectivity index (χ0n) is 11.7. The van der Waals surface area contributed by atoms with Crippen LogP contribution in [-0.2, 0) is 5.60 Å². The number of ketones is 1. The Morgan fingerprint density at radius 2 is 1.70 bits per heavy atom. The Bertz CT molecular complexity index is 571. The molecule has 0 fully saturated rings. The normalized spacial score (nSPS) is 13.6. The van der Waals surface area contributed by atoms with Gasteiger partial charge in [-0.05, 0) is 43.7 Å². The summed E-state index contributed by atoms with van der Waals surface area (Å²) in [5.41, 5.74) is 0.396. The van der Waals surface area contributed by atoms with Crippen LogP contribution in [0.15, 0.2) is 54.6 Å². The van der Waals surface area contributed by atoms with E-state index in [1.54, 1.807) is 31.2 Å². The largest absolute Gasteiger partial charge is 0.490 e. The maximum Gasteiger partial charge on any atom is 0.159 e. The molecular formula is C17H18O3. The van der Waals surface area contributed by atoms with Gasteiger partial charge in [-0.15, -0.1) is 0 Å². The molecule has 2 aromatic rings. The Morgan fingerprint density at radius 3 is 2.25 bits per heavy atom. The van der Waals surface area contributed by atoms with Crippen molar-refractivity contribution in [3.8, 4) is 5.75 Å². The standard InChI is InChI=1S/C17H18O3/c1-13(18)14-8-10-16(11-9-14)20-12-17(2,19)15-6-4-3-5-7-15/h3-11,19H,12H2,1-2H3. The molecule has 0 aromatic heterocycles. The number of aliphatic hydroxyl groups is 1. The van der Waals surface area contributed by atoms with E-state index in [4.69, 9.17) is 4.74 Å². The quantitative estimate of drug-likeness (QED) is 0.849. The first-order valence-electron chi connectivity index (χ1n) is 6.51. The third-order valence-electron chi connectivity index (χ3n) is 3.18. The lowest BCUT2D eigenvalue weighted by Gasteiger charge is -2.24. The lowest BCUT2D eigenvalue weighted by atomic mass is 9.97. The van der Waals surface area contributed by atoms with Crippen LogP contribution in [0.5, 0.6) is 5.75 Å². The van der Waals surface area contributed by atoms with Crippen molar-refractivity contribution in [1.82, 2.24) is 0 Å². The van der Waals surface area contributed by atoms with E-state index in [0.717, 1.165) is 5.56 Å². The summed E-state index contributed by atoms with van der Waals surface area (Å²) in [6.07, 6.45) is 0. The van der Waals surface area contributed by atoms with Crippen molar-refractivity contribution in [2.24, 2.45) is 0 Å². The first-order valence-corrected chi connectivity index (χ1v) is 6.51. The van der Waals surface area contributed by atoms with Gasteiger partial charge in [0.25, 0.3) is 0 Å². The van der Waals surface area contributed by atoms with Gasteiger partial charge >= 0.3 is 0 Å². The summed E-state index contributed by atoms with van der Waals surface area (Å²) in [6.45, 7) is 3.39. The molecule has 3 nitrogen and oxygen atoms in total. The molecule has 0 saturated carbocycles. The molecular weight excluding hydrogens is 252 g/mol. The summed E-state index contributed by atoms with van der Waals surface area (Å²) in [7, 11) is 0. The Hall–Kier alpha value is -2.13. The minimum Gasteiger partial charge on any atom is -0.490 e. The van der Waals surface area contributed by atoms with Crippen LogP contribution >= 0.6 is 0 Å². The molecule has 2 rings (SSSR count). The van der Waals surface area contributed by atoms with Crippen molar-refractivity contribution in [3.05, 3.63) is 65.7 Å². The number of rotatable bonds is 5. The SMILES string of the molecule is CC(=O)c1ccc(OCC(C)(O)c2ccccc2)cc1. The Balaban J connectivity index is 2.03. The minimum atomic E-state index is -1.06. The molecule has 2 aromatic carbocycles. The smallest absolute Gasteiger partial charge is 0.159 e. The van der Waals surface area contributed by atoms with E-state index >= 15 is 0 Å². The van der Waals surface area contributed by atoms with Crippen LogP contribution in [-0.4, -0.2) is 17.5 Å². The highest BCUT2D eigenvalue weighted by molar-refractivity contribution is 5.94. The molecule has 1 unspecified atom stereocenters. The van der Waals surface area contributed by atoms with Crippen LogP contribution in [0.2, 0.25) is 0 Å². The van der Waals surface area contributed by atoms with Crippen molar-refractivity contribution in [2.45, 2.75) is 19.4 Å². The number of benzene rings is 2. The van der Waals surface area contributed by atoms with Gasteiger partial charge in [0.2, 0.25) is 0 Å². The fourth-order valence-electron chi connectivity index (χ4n) is 1.89. The predicted octanol–water partition coefficient (Wildman–Crippen LogP) is 3.18. The lowest BCUT2D eigenvalue weighted by molar-refractivity contribution is 0.00759. The summed E-state index contributed by atoms with van der Waals surface area (Å²) < 4.78 is 5.60. The number of hydrogen-bond donors (Lipinski definition) is 1. The monoisotopic (exact) mass is 270 g/mol. The Labute approximate surface area is 118 Å². The summed E-state index contributed by atoms with van der Waals surface area (Å²) in [5.74, 6) is 0.652. The summed E-state index contributed by atoms with van der Waals surface area (Å²) in [6, 6.07) is 16.3. The average molecular weight is 270 g/mol. The third-order valence-corrected chi connectivity index (χ3v) is 3.18. The first-order chi connectivity index (χ1) is 9.49. The molecule has 20 heavy (non-hydrogen) atoms. The van der Waals surface area contributed by atoms with Crippen LogP contribution < -0.4 is 4.74 Å². The average Bonchev–Trinajstić information content (AvgIpc) is 2.46. The molecule has 0 aliphatic rings. The molecule has 0 bridgehead atoms. The number of ether oxygens (including phenoxy) is 1. The molecule has 0 spiro atoms. The maximum atomic E-state index is 11.2. The van der Waals surface area contributed by atoms with Crippen molar-refractivity contribution >= 4 is 5.78 Å². The second kappa shape index (κ2) is 5.88. The van der Waals surface area contributed by atoms with Gasteiger partial charge in [-0.25, -0.2) is 0 Å². The molecule has 1 atom stereocenters. The van der Waals surface area contributed by atoms with Crippen molar-refractivity contribution in [1.29, 1.82) is 0 Å². The molecule has 104 valence electrons. The summed E-state index contributed by atoms with van der Waals surface area (Å²) >= 11 is 0. The van der Waals surface area contributed by atoms with Gasteiger partial charge in [0.05, 0.1) is 0 Å². The predicted molar refractivity (Wildman–Crippen MR) is 78.0 cm³/mol. The van der Waals surface area contributed by atoms with E-state index in [-0.39, 0.29) is 12.4 Å². The van der Waals surface area contributed by atoms with Crippen molar-refractivity contribution in [3.63, 3.8) is 0 Å². The van der Waals surface area contributed by atoms with Gasteiger partial charge in [0, 0.05) is 5.56 Å². The molecule has 0 saturated heterocycles.